The van der Waals surface area contributed by atoms with Gasteiger partial charge >= 0.3 is 0 Å². The molecule has 110 valence electrons. The Bertz CT molecular complexity index is 444. The number of carbonyl (C=O) groups is 1. The molecule has 1 aromatic carbocycles. The Kier molecular flexibility index (Phi) is 5.45. The summed E-state index contributed by atoms with van der Waals surface area (Å²) < 4.78 is 5.68. The summed E-state index contributed by atoms with van der Waals surface area (Å²) >= 11 is 0. The third-order valence-electron chi connectivity index (χ3n) is 3.91. The quantitative estimate of drug-likeness (QED) is 0.763. The van der Waals surface area contributed by atoms with Gasteiger partial charge in [0.25, 0.3) is 5.91 Å². The Morgan fingerprint density at radius 3 is 3.00 bits per heavy atom. The summed E-state index contributed by atoms with van der Waals surface area (Å²) in [7, 11) is 0. The first-order valence-corrected chi connectivity index (χ1v) is 7.76. The molecule has 1 amide bonds. The molecule has 0 radical (unpaired) electrons. The number of unbranched alkanes of at least 4 members (excludes halogenated alkanes) is 1. The normalized spacial score (nSPS) is 18.9. The van der Waals surface area contributed by atoms with Crippen molar-refractivity contribution in [2.75, 3.05) is 13.2 Å². The predicted molar refractivity (Wildman–Crippen MR) is 81.2 cm³/mol. The molecule has 1 fully saturated rings. The van der Waals surface area contributed by atoms with E-state index in [2.05, 4.69) is 13.8 Å². The molecule has 0 saturated carbocycles. The summed E-state index contributed by atoms with van der Waals surface area (Å²) in [5.41, 5.74) is 0.743. The Morgan fingerprint density at radius 2 is 2.25 bits per heavy atom. The fraction of sp³-hybridized carbons (Fsp3) is 0.588. The van der Waals surface area contributed by atoms with Crippen LogP contribution in [-0.4, -0.2) is 30.0 Å². The third-order valence-corrected chi connectivity index (χ3v) is 3.91. The number of hydrogen-bond acceptors (Lipinski definition) is 2. The van der Waals surface area contributed by atoms with Gasteiger partial charge in [-0.05, 0) is 50.8 Å². The van der Waals surface area contributed by atoms with Crippen LogP contribution in [0.15, 0.2) is 24.3 Å². The van der Waals surface area contributed by atoms with Crippen molar-refractivity contribution >= 4 is 5.91 Å². The number of carbonyl (C=O) groups excluding carboxylic acids is 1. The van der Waals surface area contributed by atoms with E-state index >= 15 is 0 Å². The lowest BCUT2D eigenvalue weighted by molar-refractivity contribution is 0.0635. The molecule has 1 heterocycles. The zero-order valence-corrected chi connectivity index (χ0v) is 12.6. The molecule has 0 spiro atoms. The van der Waals surface area contributed by atoms with Crippen molar-refractivity contribution < 1.29 is 9.53 Å². The van der Waals surface area contributed by atoms with Crippen molar-refractivity contribution in [3.63, 3.8) is 0 Å². The second-order valence-corrected chi connectivity index (χ2v) is 5.57. The molecular weight excluding hydrogens is 250 g/mol. The maximum Gasteiger partial charge on any atom is 0.254 e. The summed E-state index contributed by atoms with van der Waals surface area (Å²) in [4.78, 5) is 14.6. The number of hydrogen-bond donors (Lipinski definition) is 0. The number of benzene rings is 1. The van der Waals surface area contributed by atoms with Crippen molar-refractivity contribution in [1.82, 2.24) is 4.90 Å². The first-order valence-electron chi connectivity index (χ1n) is 7.76. The van der Waals surface area contributed by atoms with Crippen molar-refractivity contribution in [3.05, 3.63) is 29.8 Å². The van der Waals surface area contributed by atoms with Gasteiger partial charge in [0, 0.05) is 18.2 Å². The fourth-order valence-electron chi connectivity index (χ4n) is 2.62. The van der Waals surface area contributed by atoms with Crippen molar-refractivity contribution in [2.45, 2.75) is 52.0 Å². The molecule has 3 nitrogen and oxygen atoms in total. The van der Waals surface area contributed by atoms with Gasteiger partial charge in [-0.3, -0.25) is 4.79 Å². The molecule has 1 aromatic rings. The van der Waals surface area contributed by atoms with E-state index in [1.165, 1.54) is 6.42 Å². The highest BCUT2D eigenvalue weighted by atomic mass is 16.5. The Hall–Kier alpha value is -1.51. The highest BCUT2D eigenvalue weighted by Crippen LogP contribution is 2.21. The maximum atomic E-state index is 12.6. The van der Waals surface area contributed by atoms with E-state index in [1.807, 2.05) is 29.2 Å². The van der Waals surface area contributed by atoms with Crippen LogP contribution >= 0.6 is 0 Å². The average molecular weight is 275 g/mol. The molecule has 3 heteroatoms. The van der Waals surface area contributed by atoms with E-state index in [0.29, 0.717) is 12.6 Å². The standard InChI is InChI=1S/C17H25NO2/c1-3-4-12-20-16-10-7-9-15(13-16)17(19)18-11-6-5-8-14(18)2/h7,9-10,13-14H,3-6,8,11-12H2,1-2H3/t14-/m0/s1. The van der Waals surface area contributed by atoms with E-state index in [9.17, 15) is 4.79 Å². The van der Waals surface area contributed by atoms with Crippen LogP contribution in [-0.2, 0) is 0 Å². The van der Waals surface area contributed by atoms with Crippen LogP contribution in [0.3, 0.4) is 0 Å². The summed E-state index contributed by atoms with van der Waals surface area (Å²) in [6, 6.07) is 7.94. The lowest BCUT2D eigenvalue weighted by Crippen LogP contribution is -2.42. The molecule has 0 bridgehead atoms. The number of amides is 1. The van der Waals surface area contributed by atoms with E-state index in [0.717, 1.165) is 43.5 Å². The maximum absolute atomic E-state index is 12.6. The van der Waals surface area contributed by atoms with Gasteiger partial charge < -0.3 is 9.64 Å². The van der Waals surface area contributed by atoms with Gasteiger partial charge in [-0.2, -0.15) is 0 Å². The molecular formula is C17H25NO2. The molecule has 1 saturated heterocycles. The van der Waals surface area contributed by atoms with Crippen LogP contribution in [0.1, 0.15) is 56.3 Å². The summed E-state index contributed by atoms with van der Waals surface area (Å²) in [5, 5.41) is 0. The van der Waals surface area contributed by atoms with E-state index < -0.39 is 0 Å². The Labute approximate surface area is 121 Å². The number of piperidine rings is 1. The molecule has 1 aliphatic heterocycles. The van der Waals surface area contributed by atoms with Gasteiger partial charge in [-0.1, -0.05) is 19.4 Å². The first kappa shape index (κ1) is 14.9. The summed E-state index contributed by atoms with van der Waals surface area (Å²) in [6.45, 7) is 5.87. The summed E-state index contributed by atoms with van der Waals surface area (Å²) in [5.74, 6) is 0.937. The highest BCUT2D eigenvalue weighted by Gasteiger charge is 2.24. The summed E-state index contributed by atoms with van der Waals surface area (Å²) in [6.07, 6.45) is 5.61. The molecule has 0 aromatic heterocycles. The van der Waals surface area contributed by atoms with Crippen LogP contribution < -0.4 is 4.74 Å². The second kappa shape index (κ2) is 7.32. The van der Waals surface area contributed by atoms with Crippen LogP contribution in [0.4, 0.5) is 0 Å². The van der Waals surface area contributed by atoms with Crippen LogP contribution in [0.5, 0.6) is 5.75 Å². The van der Waals surface area contributed by atoms with Gasteiger partial charge in [-0.25, -0.2) is 0 Å². The Balaban J connectivity index is 2.03. The predicted octanol–water partition coefficient (Wildman–Crippen LogP) is 3.88. The molecule has 1 aliphatic rings. The SMILES string of the molecule is CCCCOc1cccc(C(=O)N2CCCC[C@@H]2C)c1. The highest BCUT2D eigenvalue weighted by molar-refractivity contribution is 5.94. The van der Waals surface area contributed by atoms with Crippen molar-refractivity contribution in [1.29, 1.82) is 0 Å². The van der Waals surface area contributed by atoms with Crippen molar-refractivity contribution in [3.8, 4) is 5.75 Å². The number of rotatable bonds is 5. The molecule has 2 rings (SSSR count). The van der Waals surface area contributed by atoms with Gasteiger partial charge in [0.15, 0.2) is 0 Å². The van der Waals surface area contributed by atoms with Gasteiger partial charge in [-0.15, -0.1) is 0 Å². The zero-order chi connectivity index (χ0) is 14.4. The monoisotopic (exact) mass is 275 g/mol. The lowest BCUT2D eigenvalue weighted by atomic mass is 10.0. The van der Waals surface area contributed by atoms with E-state index in [1.54, 1.807) is 0 Å². The first-order chi connectivity index (χ1) is 9.72. The van der Waals surface area contributed by atoms with Crippen molar-refractivity contribution in [2.24, 2.45) is 0 Å². The molecule has 0 aliphatic carbocycles. The fourth-order valence-corrected chi connectivity index (χ4v) is 2.62. The lowest BCUT2D eigenvalue weighted by Gasteiger charge is -2.33. The minimum absolute atomic E-state index is 0.137. The Morgan fingerprint density at radius 1 is 1.40 bits per heavy atom. The molecule has 0 N–H and O–H groups in total. The van der Waals surface area contributed by atoms with Gasteiger partial charge in [0.2, 0.25) is 0 Å². The minimum Gasteiger partial charge on any atom is -0.494 e. The average Bonchev–Trinajstić information content (AvgIpc) is 2.48. The minimum atomic E-state index is 0.137. The molecule has 20 heavy (non-hydrogen) atoms. The topological polar surface area (TPSA) is 29.5 Å². The van der Waals surface area contributed by atoms with Gasteiger partial charge in [0.1, 0.15) is 5.75 Å². The zero-order valence-electron chi connectivity index (χ0n) is 12.6. The van der Waals surface area contributed by atoms with Crippen LogP contribution in [0.2, 0.25) is 0 Å². The second-order valence-electron chi connectivity index (χ2n) is 5.57. The van der Waals surface area contributed by atoms with Crippen LogP contribution in [0.25, 0.3) is 0 Å². The number of likely N-dealkylation sites (tertiary alicyclic amines) is 1. The third kappa shape index (κ3) is 3.75. The molecule has 1 atom stereocenters. The van der Waals surface area contributed by atoms with Crippen LogP contribution in [0, 0.1) is 0 Å². The van der Waals surface area contributed by atoms with Gasteiger partial charge in [0.05, 0.1) is 6.61 Å². The van der Waals surface area contributed by atoms with E-state index in [4.69, 9.17) is 4.74 Å². The number of nitrogens with zero attached hydrogens (tertiary/aromatic N) is 1. The number of ether oxygens (including phenoxy) is 1. The molecule has 0 unspecified atom stereocenters. The largest absolute Gasteiger partial charge is 0.494 e. The van der Waals surface area contributed by atoms with E-state index in [-0.39, 0.29) is 5.91 Å². The smallest absolute Gasteiger partial charge is 0.254 e.